The van der Waals surface area contributed by atoms with Crippen LogP contribution in [0.25, 0.3) is 0 Å². The first-order chi connectivity index (χ1) is 6.20. The summed E-state index contributed by atoms with van der Waals surface area (Å²) in [6, 6.07) is 7.45. The molecule has 0 aliphatic heterocycles. The molecule has 1 aromatic rings. The molecule has 0 saturated heterocycles. The second-order valence-electron chi connectivity index (χ2n) is 2.48. The molecule has 0 radical (unpaired) electrons. The van der Waals surface area contributed by atoms with Gasteiger partial charge in [0.15, 0.2) is 0 Å². The molecule has 0 amide bonds. The summed E-state index contributed by atoms with van der Waals surface area (Å²) in [6.45, 7) is 0. The Hall–Kier alpha value is -0.670. The molecule has 70 valence electrons. The number of benzene rings is 1. The van der Waals surface area contributed by atoms with Gasteiger partial charge >= 0.3 is 5.97 Å². The number of carbonyl (C=O) groups is 1. The van der Waals surface area contributed by atoms with Crippen LogP contribution in [0.1, 0.15) is 5.56 Å². The normalized spacial score (nSPS) is 9.92. The third-order valence-corrected chi connectivity index (χ3v) is 2.78. The Morgan fingerprint density at radius 1 is 1.46 bits per heavy atom. The first-order valence-corrected chi connectivity index (χ1v) is 5.26. The highest BCUT2D eigenvalue weighted by Crippen LogP contribution is 2.20. The van der Waals surface area contributed by atoms with Crippen LogP contribution in [0.5, 0.6) is 0 Å². The third kappa shape index (κ3) is 3.70. The second-order valence-corrected chi connectivity index (χ2v) is 3.87. The van der Waals surface area contributed by atoms with Gasteiger partial charge in [-0.25, -0.2) is 0 Å². The minimum absolute atomic E-state index is 0.116. The largest absolute Gasteiger partial charge is 0.481 e. The molecular formula is C9H9ClO2S. The highest BCUT2D eigenvalue weighted by Gasteiger charge is 2.01. The number of carboxylic acid groups (broad SMARTS) is 1. The topological polar surface area (TPSA) is 37.3 Å². The van der Waals surface area contributed by atoms with Gasteiger partial charge in [0.2, 0.25) is 0 Å². The Kier molecular flexibility index (Phi) is 4.12. The number of hydrogen-bond donors (Lipinski definition) is 1. The van der Waals surface area contributed by atoms with Gasteiger partial charge in [0.05, 0.1) is 5.75 Å². The Labute approximate surface area is 85.9 Å². The van der Waals surface area contributed by atoms with Crippen LogP contribution in [-0.4, -0.2) is 16.8 Å². The molecule has 0 heterocycles. The van der Waals surface area contributed by atoms with E-state index in [9.17, 15) is 4.79 Å². The molecule has 4 heteroatoms. The van der Waals surface area contributed by atoms with Crippen molar-refractivity contribution in [2.24, 2.45) is 0 Å². The average Bonchev–Trinajstić information content (AvgIpc) is 2.08. The van der Waals surface area contributed by atoms with Crippen molar-refractivity contribution in [3.63, 3.8) is 0 Å². The van der Waals surface area contributed by atoms with E-state index in [1.165, 1.54) is 11.8 Å². The quantitative estimate of drug-likeness (QED) is 0.841. The summed E-state index contributed by atoms with van der Waals surface area (Å²) in [6.07, 6.45) is 0. The van der Waals surface area contributed by atoms with E-state index in [0.717, 1.165) is 5.56 Å². The molecule has 0 aliphatic rings. The van der Waals surface area contributed by atoms with E-state index in [1.54, 1.807) is 6.07 Å². The monoisotopic (exact) mass is 216 g/mol. The van der Waals surface area contributed by atoms with Crippen molar-refractivity contribution in [3.8, 4) is 0 Å². The Morgan fingerprint density at radius 3 is 2.77 bits per heavy atom. The van der Waals surface area contributed by atoms with E-state index in [-0.39, 0.29) is 5.75 Å². The molecule has 0 aromatic heterocycles. The van der Waals surface area contributed by atoms with E-state index in [0.29, 0.717) is 10.8 Å². The van der Waals surface area contributed by atoms with E-state index in [1.807, 2.05) is 18.2 Å². The Balaban J connectivity index is 2.45. The number of carboxylic acids is 1. The van der Waals surface area contributed by atoms with Gasteiger partial charge in [0, 0.05) is 10.8 Å². The van der Waals surface area contributed by atoms with Gasteiger partial charge in [0.1, 0.15) is 0 Å². The van der Waals surface area contributed by atoms with Crippen molar-refractivity contribution in [2.45, 2.75) is 5.75 Å². The van der Waals surface area contributed by atoms with Crippen LogP contribution in [-0.2, 0) is 10.5 Å². The molecule has 1 rings (SSSR count). The predicted octanol–water partition coefficient (Wildman–Crippen LogP) is 2.66. The first kappa shape index (κ1) is 10.4. The van der Waals surface area contributed by atoms with E-state index < -0.39 is 5.97 Å². The average molecular weight is 217 g/mol. The SMILES string of the molecule is O=C(O)CSCc1ccccc1Cl. The number of halogens is 1. The Morgan fingerprint density at radius 2 is 2.15 bits per heavy atom. The zero-order valence-electron chi connectivity index (χ0n) is 6.87. The standard InChI is InChI=1S/C9H9ClO2S/c10-8-4-2-1-3-7(8)5-13-6-9(11)12/h1-4H,5-6H2,(H,11,12). The molecule has 0 aliphatic carbocycles. The van der Waals surface area contributed by atoms with E-state index in [4.69, 9.17) is 16.7 Å². The summed E-state index contributed by atoms with van der Waals surface area (Å²) >= 11 is 7.22. The number of thioether (sulfide) groups is 1. The lowest BCUT2D eigenvalue weighted by Crippen LogP contribution is -1.98. The van der Waals surface area contributed by atoms with E-state index in [2.05, 4.69) is 0 Å². The lowest BCUT2D eigenvalue weighted by atomic mass is 10.2. The minimum Gasteiger partial charge on any atom is -0.481 e. The zero-order chi connectivity index (χ0) is 9.68. The smallest absolute Gasteiger partial charge is 0.313 e. The molecule has 0 saturated carbocycles. The third-order valence-electron chi connectivity index (χ3n) is 1.44. The molecule has 0 unspecified atom stereocenters. The number of rotatable bonds is 4. The zero-order valence-corrected chi connectivity index (χ0v) is 8.44. The lowest BCUT2D eigenvalue weighted by Gasteiger charge is -2.01. The molecule has 0 bridgehead atoms. The fourth-order valence-corrected chi connectivity index (χ4v) is 1.89. The fraction of sp³-hybridized carbons (Fsp3) is 0.222. The first-order valence-electron chi connectivity index (χ1n) is 3.73. The van der Waals surface area contributed by atoms with Crippen molar-refractivity contribution < 1.29 is 9.90 Å². The van der Waals surface area contributed by atoms with Gasteiger partial charge in [0.25, 0.3) is 0 Å². The Bertz CT molecular complexity index is 301. The van der Waals surface area contributed by atoms with Gasteiger partial charge in [-0.2, -0.15) is 0 Å². The highest BCUT2D eigenvalue weighted by atomic mass is 35.5. The maximum atomic E-state index is 10.2. The molecule has 2 nitrogen and oxygen atoms in total. The summed E-state index contributed by atoms with van der Waals surface area (Å²) < 4.78 is 0. The summed E-state index contributed by atoms with van der Waals surface area (Å²) in [5, 5.41) is 9.10. The van der Waals surface area contributed by atoms with Gasteiger partial charge < -0.3 is 5.11 Å². The number of hydrogen-bond acceptors (Lipinski definition) is 2. The van der Waals surface area contributed by atoms with Crippen LogP contribution in [0.3, 0.4) is 0 Å². The predicted molar refractivity (Wildman–Crippen MR) is 55.2 cm³/mol. The second kappa shape index (κ2) is 5.14. The molecule has 1 aromatic carbocycles. The van der Waals surface area contributed by atoms with Gasteiger partial charge in [-0.3, -0.25) is 4.79 Å². The fourth-order valence-electron chi connectivity index (χ4n) is 0.864. The highest BCUT2D eigenvalue weighted by molar-refractivity contribution is 7.99. The molecule has 0 fully saturated rings. The van der Waals surface area contributed by atoms with Gasteiger partial charge in [-0.15, -0.1) is 11.8 Å². The van der Waals surface area contributed by atoms with E-state index >= 15 is 0 Å². The van der Waals surface area contributed by atoms with Crippen LogP contribution in [0.15, 0.2) is 24.3 Å². The van der Waals surface area contributed by atoms with Gasteiger partial charge in [-0.05, 0) is 11.6 Å². The summed E-state index contributed by atoms with van der Waals surface area (Å²) in [7, 11) is 0. The lowest BCUT2D eigenvalue weighted by molar-refractivity contribution is -0.133. The molecule has 13 heavy (non-hydrogen) atoms. The van der Waals surface area contributed by atoms with Crippen molar-refractivity contribution in [3.05, 3.63) is 34.9 Å². The maximum absolute atomic E-state index is 10.2. The van der Waals surface area contributed by atoms with Crippen molar-refractivity contribution in [2.75, 3.05) is 5.75 Å². The van der Waals surface area contributed by atoms with Crippen LogP contribution >= 0.6 is 23.4 Å². The molecular weight excluding hydrogens is 208 g/mol. The minimum atomic E-state index is -0.794. The molecule has 0 spiro atoms. The maximum Gasteiger partial charge on any atom is 0.313 e. The van der Waals surface area contributed by atoms with Crippen molar-refractivity contribution in [1.29, 1.82) is 0 Å². The van der Waals surface area contributed by atoms with Crippen molar-refractivity contribution in [1.82, 2.24) is 0 Å². The van der Waals surface area contributed by atoms with Crippen LogP contribution < -0.4 is 0 Å². The van der Waals surface area contributed by atoms with Crippen molar-refractivity contribution >= 4 is 29.3 Å². The summed E-state index contributed by atoms with van der Waals surface area (Å²) in [4.78, 5) is 10.2. The number of aliphatic carboxylic acids is 1. The molecule has 1 N–H and O–H groups in total. The van der Waals surface area contributed by atoms with Crippen LogP contribution in [0.4, 0.5) is 0 Å². The summed E-state index contributed by atoms with van der Waals surface area (Å²) in [5.74, 6) is -0.0333. The van der Waals surface area contributed by atoms with Crippen LogP contribution in [0.2, 0.25) is 5.02 Å². The van der Waals surface area contributed by atoms with Gasteiger partial charge in [-0.1, -0.05) is 29.8 Å². The van der Waals surface area contributed by atoms with Crippen LogP contribution in [0, 0.1) is 0 Å². The summed E-state index contributed by atoms with van der Waals surface area (Å²) in [5.41, 5.74) is 0.982. The molecule has 0 atom stereocenters.